The number of methoxy groups -OCH3 is 1. The third kappa shape index (κ3) is 5.88. The van der Waals surface area contributed by atoms with Crippen molar-refractivity contribution in [3.05, 3.63) is 129 Å². The Morgan fingerprint density at radius 3 is 2.21 bits per heavy atom. The van der Waals surface area contributed by atoms with Gasteiger partial charge in [0.15, 0.2) is 5.78 Å². The summed E-state index contributed by atoms with van der Waals surface area (Å²) < 4.78 is 11.2. The minimum atomic E-state index is -1.52. The lowest BCUT2D eigenvalue weighted by Gasteiger charge is -2.50. The van der Waals surface area contributed by atoms with E-state index in [-0.39, 0.29) is 42.8 Å². The summed E-state index contributed by atoms with van der Waals surface area (Å²) in [6.07, 6.45) is 2.32. The van der Waals surface area contributed by atoms with Crippen LogP contribution in [0.15, 0.2) is 103 Å². The van der Waals surface area contributed by atoms with Gasteiger partial charge in [0.2, 0.25) is 11.8 Å². The van der Waals surface area contributed by atoms with Gasteiger partial charge in [0.25, 0.3) is 11.8 Å². The van der Waals surface area contributed by atoms with Crippen LogP contribution in [0.3, 0.4) is 0 Å². The number of hydrogen-bond acceptors (Lipinski definition) is 9. The van der Waals surface area contributed by atoms with Crippen LogP contribution in [0, 0.1) is 23.7 Å². The molecule has 2 heterocycles. The molecule has 3 fully saturated rings. The Kier molecular flexibility index (Phi) is 9.72. The van der Waals surface area contributed by atoms with Crippen molar-refractivity contribution in [1.29, 1.82) is 0 Å². The Balaban J connectivity index is 1.29. The van der Waals surface area contributed by atoms with E-state index in [0.717, 1.165) is 10.6 Å². The number of fused-ring (bicyclic) bond motifs is 4. The first-order valence-electron chi connectivity index (χ1n) is 18.3. The van der Waals surface area contributed by atoms with E-state index in [1.165, 1.54) is 17.9 Å². The molecule has 4 aliphatic rings. The molecule has 1 saturated carbocycles. The number of hydrazine groups is 1. The topological polar surface area (TPSA) is 143 Å². The van der Waals surface area contributed by atoms with E-state index in [2.05, 4.69) is 5.43 Å². The van der Waals surface area contributed by atoms with Crippen molar-refractivity contribution < 1.29 is 38.6 Å². The molecule has 2 saturated heterocycles. The van der Waals surface area contributed by atoms with Crippen LogP contribution < -0.4 is 19.8 Å². The highest BCUT2D eigenvalue weighted by atomic mass is 35.5. The Labute approximate surface area is 332 Å². The summed E-state index contributed by atoms with van der Waals surface area (Å²) in [5.74, 6) is -4.72. The number of imide groups is 2. The zero-order valence-electron chi connectivity index (χ0n) is 30.4. The quantitative estimate of drug-likeness (QED) is 0.101. The first kappa shape index (κ1) is 37.4. The molecule has 6 unspecified atom stereocenters. The summed E-state index contributed by atoms with van der Waals surface area (Å²) in [6, 6.07) is 25.3. The summed E-state index contributed by atoms with van der Waals surface area (Å²) in [6.45, 7) is 1.35. The molecule has 4 aromatic rings. The van der Waals surface area contributed by atoms with E-state index in [9.17, 15) is 24.3 Å². The number of nitrogens with zero attached hydrogens (tertiary/aromatic N) is 2. The van der Waals surface area contributed by atoms with Crippen LogP contribution in [0.4, 0.5) is 11.4 Å². The van der Waals surface area contributed by atoms with Crippen LogP contribution in [0.5, 0.6) is 11.5 Å². The SMILES string of the molecule is COc1ccc(C23C(=O)N(Nc4ccc(Cl)cc4Cl)C(=O)C2CC2C(=CCC4C(=O)N(c5ccc(C(C)=O)cc5)C(=O)C42)C3c2ccc(OCCO)cc2)cc1. The fourth-order valence-corrected chi connectivity index (χ4v) is 9.69. The maximum atomic E-state index is 15.4. The van der Waals surface area contributed by atoms with Crippen molar-refractivity contribution in [3.63, 3.8) is 0 Å². The number of amides is 4. The monoisotopic (exact) mass is 793 g/mol. The largest absolute Gasteiger partial charge is 0.497 e. The summed E-state index contributed by atoms with van der Waals surface area (Å²) in [4.78, 5) is 72.3. The minimum absolute atomic E-state index is 0.0852. The minimum Gasteiger partial charge on any atom is -0.497 e. The van der Waals surface area contributed by atoms with Crippen LogP contribution in [-0.4, -0.2) is 59.9 Å². The van der Waals surface area contributed by atoms with Gasteiger partial charge in [-0.25, -0.2) is 0 Å². The predicted octanol–water partition coefficient (Wildman–Crippen LogP) is 6.77. The Morgan fingerprint density at radius 1 is 0.875 bits per heavy atom. The van der Waals surface area contributed by atoms with Crippen LogP contribution >= 0.6 is 23.2 Å². The molecule has 0 radical (unpaired) electrons. The number of carbonyl (C=O) groups excluding carboxylic acids is 5. The van der Waals surface area contributed by atoms with Gasteiger partial charge in [-0.2, -0.15) is 5.01 Å². The maximum absolute atomic E-state index is 15.4. The van der Waals surface area contributed by atoms with Gasteiger partial charge >= 0.3 is 0 Å². The summed E-state index contributed by atoms with van der Waals surface area (Å²) >= 11 is 12.7. The van der Waals surface area contributed by atoms with Crippen molar-refractivity contribution in [2.45, 2.75) is 31.1 Å². The molecule has 11 nitrogen and oxygen atoms in total. The second-order valence-corrected chi connectivity index (χ2v) is 15.3. The predicted molar refractivity (Wildman–Crippen MR) is 209 cm³/mol. The number of carbonyl (C=O) groups is 5. The van der Waals surface area contributed by atoms with Gasteiger partial charge in [0.1, 0.15) is 18.1 Å². The van der Waals surface area contributed by atoms with Crippen LogP contribution in [0.2, 0.25) is 10.0 Å². The molecular weight excluding hydrogens is 757 g/mol. The number of aliphatic hydroxyl groups excluding tert-OH is 1. The molecule has 56 heavy (non-hydrogen) atoms. The first-order chi connectivity index (χ1) is 27.0. The number of rotatable bonds is 10. The zero-order chi connectivity index (χ0) is 39.5. The van der Waals surface area contributed by atoms with Gasteiger partial charge in [-0.05, 0) is 104 Å². The van der Waals surface area contributed by atoms with Gasteiger partial charge in [-0.3, -0.25) is 34.3 Å². The lowest BCUT2D eigenvalue weighted by atomic mass is 9.49. The van der Waals surface area contributed by atoms with Crippen molar-refractivity contribution in [3.8, 4) is 11.5 Å². The number of benzene rings is 4. The number of halogens is 2. The third-order valence-corrected chi connectivity index (χ3v) is 12.2. The fourth-order valence-electron chi connectivity index (χ4n) is 9.24. The molecule has 6 atom stereocenters. The highest BCUT2D eigenvalue weighted by Gasteiger charge is 2.70. The number of allylic oxidation sites excluding steroid dienone is 2. The zero-order valence-corrected chi connectivity index (χ0v) is 31.9. The number of aliphatic hydroxyl groups is 1. The molecule has 2 N–H and O–H groups in total. The number of nitrogens with one attached hydrogen (secondary N) is 1. The van der Waals surface area contributed by atoms with Gasteiger partial charge in [0.05, 0.1) is 53.3 Å². The summed E-state index contributed by atoms with van der Waals surface area (Å²) in [5, 5.41) is 11.0. The van der Waals surface area contributed by atoms with Crippen LogP contribution in [0.1, 0.15) is 47.2 Å². The molecule has 13 heteroatoms. The molecule has 0 bridgehead atoms. The molecule has 4 aromatic carbocycles. The van der Waals surface area contributed by atoms with Crippen molar-refractivity contribution in [1.82, 2.24) is 5.01 Å². The average Bonchev–Trinajstić information content (AvgIpc) is 3.58. The summed E-state index contributed by atoms with van der Waals surface area (Å²) in [7, 11) is 1.54. The molecule has 2 aliphatic heterocycles. The second kappa shape index (κ2) is 14.5. The van der Waals surface area contributed by atoms with E-state index in [0.29, 0.717) is 44.6 Å². The highest BCUT2D eigenvalue weighted by molar-refractivity contribution is 6.36. The number of Topliss-reactive ketones (excluding diaryl/α,β-unsaturated/α-hetero) is 1. The first-order valence-corrected chi connectivity index (χ1v) is 19.0. The normalized spacial score (nSPS) is 25.4. The number of anilines is 2. The van der Waals surface area contributed by atoms with Crippen molar-refractivity contribution in [2.24, 2.45) is 23.7 Å². The Morgan fingerprint density at radius 2 is 1.57 bits per heavy atom. The molecule has 0 spiro atoms. The maximum Gasteiger partial charge on any atom is 0.260 e. The van der Waals surface area contributed by atoms with E-state index in [4.69, 9.17) is 32.7 Å². The fraction of sp³-hybridized carbons (Fsp3) is 0.279. The lowest BCUT2D eigenvalue weighted by Crippen LogP contribution is -2.53. The molecule has 286 valence electrons. The van der Waals surface area contributed by atoms with E-state index in [1.807, 2.05) is 18.2 Å². The highest BCUT2D eigenvalue weighted by Crippen LogP contribution is 2.64. The van der Waals surface area contributed by atoms with Gasteiger partial charge in [-0.1, -0.05) is 59.1 Å². The second-order valence-electron chi connectivity index (χ2n) is 14.5. The van der Waals surface area contributed by atoms with Gasteiger partial charge in [0, 0.05) is 16.5 Å². The Bertz CT molecular complexity index is 2300. The number of hydrogen-bond donors (Lipinski definition) is 2. The number of ketones is 1. The van der Waals surface area contributed by atoms with Crippen LogP contribution in [0.25, 0.3) is 0 Å². The molecular formula is C43H37Cl2N3O8. The van der Waals surface area contributed by atoms with Crippen LogP contribution in [-0.2, 0) is 24.6 Å². The standard InChI is InChI=1S/C43H37Cl2N3O8/c1-23(50)24-3-10-28(11-4-24)47-39(51)32-17-16-31-33(37(32)41(47)53)22-34-40(52)48(46-36-18-9-27(44)21-35(36)45)42(54)43(34,26-7-14-29(55-2)15-8-26)38(31)25-5-12-30(13-6-25)56-20-19-49/h3-16,18,21,32-34,37-38,46,49H,17,19-20,22H2,1-2H3. The van der Waals surface area contributed by atoms with Gasteiger partial charge < -0.3 is 14.6 Å². The Hall–Kier alpha value is -5.49. The average molecular weight is 795 g/mol. The molecule has 4 amide bonds. The lowest BCUT2D eigenvalue weighted by molar-refractivity contribution is -0.138. The van der Waals surface area contributed by atoms with Crippen molar-refractivity contribution in [2.75, 3.05) is 30.6 Å². The third-order valence-electron chi connectivity index (χ3n) is 11.7. The van der Waals surface area contributed by atoms with Crippen molar-refractivity contribution >= 4 is 64.0 Å². The molecule has 0 aromatic heterocycles. The van der Waals surface area contributed by atoms with E-state index in [1.54, 1.807) is 79.9 Å². The molecule has 2 aliphatic carbocycles. The summed E-state index contributed by atoms with van der Waals surface area (Å²) in [5.41, 5.74) is 4.63. The van der Waals surface area contributed by atoms with E-state index >= 15 is 4.79 Å². The number of ether oxygens (including phenoxy) is 2. The molecule has 8 rings (SSSR count). The van der Waals surface area contributed by atoms with E-state index < -0.39 is 52.7 Å². The smallest absolute Gasteiger partial charge is 0.260 e. The van der Waals surface area contributed by atoms with Gasteiger partial charge in [-0.15, -0.1) is 0 Å².